The minimum Gasteiger partial charge on any atom is -0.377 e. The van der Waals surface area contributed by atoms with Crippen LogP contribution >= 0.6 is 11.6 Å². The van der Waals surface area contributed by atoms with Gasteiger partial charge < -0.3 is 10.1 Å². The minimum absolute atomic E-state index is 0.136. The van der Waals surface area contributed by atoms with E-state index in [4.69, 9.17) is 16.3 Å². The lowest BCUT2D eigenvalue weighted by Crippen LogP contribution is -2.42. The van der Waals surface area contributed by atoms with Gasteiger partial charge in [0.25, 0.3) is 0 Å². The smallest absolute Gasteiger partial charge is 0.127 e. The summed E-state index contributed by atoms with van der Waals surface area (Å²) in [6, 6.07) is 4.98. The molecular weight excluding hydrogens is 265 g/mol. The van der Waals surface area contributed by atoms with Crippen LogP contribution in [0.1, 0.15) is 31.7 Å². The Hall–Kier alpha value is -0.640. The molecule has 1 N–H and O–H groups in total. The van der Waals surface area contributed by atoms with Crippen molar-refractivity contribution < 1.29 is 9.13 Å². The Balaban J connectivity index is 2.10. The lowest BCUT2D eigenvalue weighted by molar-refractivity contribution is 0.0781. The summed E-state index contributed by atoms with van der Waals surface area (Å²) in [6.45, 7) is 3.84. The molecule has 2 unspecified atom stereocenters. The largest absolute Gasteiger partial charge is 0.377 e. The number of ether oxygens (including phenoxy) is 1. The van der Waals surface area contributed by atoms with Crippen LogP contribution in [0.15, 0.2) is 18.2 Å². The van der Waals surface area contributed by atoms with Crippen LogP contribution in [0, 0.1) is 5.82 Å². The Morgan fingerprint density at radius 1 is 1.53 bits per heavy atom. The van der Waals surface area contributed by atoms with E-state index in [-0.39, 0.29) is 18.0 Å². The molecule has 1 aliphatic rings. The van der Waals surface area contributed by atoms with Crippen LogP contribution < -0.4 is 5.32 Å². The van der Waals surface area contributed by atoms with Gasteiger partial charge in [-0.15, -0.1) is 0 Å². The van der Waals surface area contributed by atoms with Gasteiger partial charge in [-0.3, -0.25) is 0 Å². The molecule has 2 atom stereocenters. The lowest BCUT2D eigenvalue weighted by atomic mass is 9.98. The van der Waals surface area contributed by atoms with Gasteiger partial charge in [0.1, 0.15) is 5.82 Å². The normalized spacial score (nSPS) is 20.7. The predicted molar refractivity (Wildman–Crippen MR) is 76.2 cm³/mol. The fourth-order valence-corrected chi connectivity index (χ4v) is 2.77. The van der Waals surface area contributed by atoms with Crippen LogP contribution in [0.3, 0.4) is 0 Å². The molecule has 0 aromatic heterocycles. The first-order chi connectivity index (χ1) is 9.22. The number of halogens is 2. The highest BCUT2D eigenvalue weighted by Gasteiger charge is 2.27. The molecule has 1 fully saturated rings. The van der Waals surface area contributed by atoms with Gasteiger partial charge in [-0.1, -0.05) is 24.6 Å². The summed E-state index contributed by atoms with van der Waals surface area (Å²) in [5.41, 5.74) is 0.591. The standard InChI is InChI=1S/C15H21ClFNO/c1-2-8-18-14(15-7-4-9-19-15)10-11-12(16)5-3-6-13(11)17/h3,5-6,14-15,18H,2,4,7-10H2,1H3. The van der Waals surface area contributed by atoms with Gasteiger partial charge in [0, 0.05) is 23.2 Å². The van der Waals surface area contributed by atoms with Crippen LogP contribution in [0.4, 0.5) is 4.39 Å². The molecule has 1 aromatic rings. The van der Waals surface area contributed by atoms with Crippen molar-refractivity contribution in [3.05, 3.63) is 34.6 Å². The second-order valence-corrected chi connectivity index (χ2v) is 5.42. The highest BCUT2D eigenvalue weighted by Crippen LogP contribution is 2.24. The molecule has 2 rings (SSSR count). The minimum atomic E-state index is -0.228. The van der Waals surface area contributed by atoms with E-state index < -0.39 is 0 Å². The monoisotopic (exact) mass is 285 g/mol. The maximum Gasteiger partial charge on any atom is 0.127 e. The number of nitrogens with one attached hydrogen (secondary N) is 1. The topological polar surface area (TPSA) is 21.3 Å². The highest BCUT2D eigenvalue weighted by atomic mass is 35.5. The second-order valence-electron chi connectivity index (χ2n) is 5.02. The molecule has 0 radical (unpaired) electrons. The third-order valence-electron chi connectivity index (χ3n) is 3.56. The molecule has 0 amide bonds. The zero-order valence-electron chi connectivity index (χ0n) is 11.3. The number of hydrogen-bond acceptors (Lipinski definition) is 2. The van der Waals surface area contributed by atoms with E-state index in [0.29, 0.717) is 17.0 Å². The Kier molecular flexibility index (Phi) is 5.61. The third-order valence-corrected chi connectivity index (χ3v) is 3.91. The third kappa shape index (κ3) is 3.91. The fraction of sp³-hybridized carbons (Fsp3) is 0.600. The van der Waals surface area contributed by atoms with Crippen molar-refractivity contribution >= 4 is 11.6 Å². The Morgan fingerprint density at radius 3 is 3.00 bits per heavy atom. The summed E-state index contributed by atoms with van der Waals surface area (Å²) < 4.78 is 19.6. The van der Waals surface area contributed by atoms with E-state index in [0.717, 1.165) is 32.4 Å². The summed E-state index contributed by atoms with van der Waals surface area (Å²) in [4.78, 5) is 0. The maximum atomic E-state index is 13.9. The number of hydrogen-bond donors (Lipinski definition) is 1. The predicted octanol–water partition coefficient (Wildman–Crippen LogP) is 3.57. The van der Waals surface area contributed by atoms with E-state index in [1.165, 1.54) is 6.07 Å². The van der Waals surface area contributed by atoms with Gasteiger partial charge in [-0.25, -0.2) is 4.39 Å². The quantitative estimate of drug-likeness (QED) is 0.863. The van der Waals surface area contributed by atoms with Crippen LogP contribution in [-0.4, -0.2) is 25.3 Å². The molecule has 1 heterocycles. The van der Waals surface area contributed by atoms with Crippen molar-refractivity contribution in [2.24, 2.45) is 0 Å². The van der Waals surface area contributed by atoms with Gasteiger partial charge in [-0.2, -0.15) is 0 Å². The van der Waals surface area contributed by atoms with Crippen molar-refractivity contribution in [3.8, 4) is 0 Å². The zero-order chi connectivity index (χ0) is 13.7. The number of rotatable bonds is 6. The molecule has 0 spiro atoms. The van der Waals surface area contributed by atoms with E-state index in [2.05, 4.69) is 12.2 Å². The summed E-state index contributed by atoms with van der Waals surface area (Å²) >= 11 is 6.11. The van der Waals surface area contributed by atoms with Gasteiger partial charge >= 0.3 is 0 Å². The molecule has 0 saturated carbocycles. The van der Waals surface area contributed by atoms with Crippen LogP contribution in [0.2, 0.25) is 5.02 Å². The molecule has 106 valence electrons. The van der Waals surface area contributed by atoms with Crippen molar-refractivity contribution in [3.63, 3.8) is 0 Å². The molecule has 1 aliphatic heterocycles. The molecule has 0 bridgehead atoms. The van der Waals surface area contributed by atoms with Crippen molar-refractivity contribution in [1.82, 2.24) is 5.32 Å². The van der Waals surface area contributed by atoms with Gasteiger partial charge in [0.05, 0.1) is 6.10 Å². The van der Waals surface area contributed by atoms with Gasteiger partial charge in [0.2, 0.25) is 0 Å². The Bertz CT molecular complexity index is 387. The van der Waals surface area contributed by atoms with E-state index in [1.807, 2.05) is 0 Å². The van der Waals surface area contributed by atoms with E-state index >= 15 is 0 Å². The zero-order valence-corrected chi connectivity index (χ0v) is 12.0. The molecule has 1 aromatic carbocycles. The van der Waals surface area contributed by atoms with Crippen LogP contribution in [0.25, 0.3) is 0 Å². The summed E-state index contributed by atoms with van der Waals surface area (Å²) in [5.74, 6) is -0.228. The van der Waals surface area contributed by atoms with E-state index in [9.17, 15) is 4.39 Å². The average molecular weight is 286 g/mol. The molecule has 1 saturated heterocycles. The molecule has 4 heteroatoms. The van der Waals surface area contributed by atoms with Crippen molar-refractivity contribution in [2.75, 3.05) is 13.2 Å². The second kappa shape index (κ2) is 7.22. The van der Waals surface area contributed by atoms with Crippen LogP contribution in [0.5, 0.6) is 0 Å². The molecule has 19 heavy (non-hydrogen) atoms. The Morgan fingerprint density at radius 2 is 2.37 bits per heavy atom. The summed E-state index contributed by atoms with van der Waals surface area (Å²) in [6.07, 6.45) is 3.92. The number of benzene rings is 1. The Labute approximate surface area is 119 Å². The maximum absolute atomic E-state index is 13.9. The first-order valence-electron chi connectivity index (χ1n) is 7.00. The fourth-order valence-electron chi connectivity index (χ4n) is 2.53. The SMILES string of the molecule is CCCNC(Cc1c(F)cccc1Cl)C1CCCO1. The van der Waals surface area contributed by atoms with Crippen LogP contribution in [-0.2, 0) is 11.2 Å². The van der Waals surface area contributed by atoms with Crippen molar-refractivity contribution in [2.45, 2.75) is 44.8 Å². The lowest BCUT2D eigenvalue weighted by Gasteiger charge is -2.25. The van der Waals surface area contributed by atoms with Gasteiger partial charge in [-0.05, 0) is 44.4 Å². The molecule has 0 aliphatic carbocycles. The highest BCUT2D eigenvalue weighted by molar-refractivity contribution is 6.31. The first-order valence-corrected chi connectivity index (χ1v) is 7.38. The summed E-state index contributed by atoms with van der Waals surface area (Å²) in [7, 11) is 0. The molecular formula is C15H21ClFNO. The summed E-state index contributed by atoms with van der Waals surface area (Å²) in [5, 5.41) is 3.97. The van der Waals surface area contributed by atoms with E-state index in [1.54, 1.807) is 12.1 Å². The first kappa shape index (κ1) is 14.8. The van der Waals surface area contributed by atoms with Gasteiger partial charge in [0.15, 0.2) is 0 Å². The average Bonchev–Trinajstić information content (AvgIpc) is 2.91. The van der Waals surface area contributed by atoms with Crippen molar-refractivity contribution in [1.29, 1.82) is 0 Å². The molecule has 2 nitrogen and oxygen atoms in total.